The van der Waals surface area contributed by atoms with E-state index in [1.54, 1.807) is 31.2 Å². The summed E-state index contributed by atoms with van der Waals surface area (Å²) in [7, 11) is -3.25. The van der Waals surface area contributed by atoms with Crippen molar-refractivity contribution in [3.63, 3.8) is 0 Å². The maximum absolute atomic E-state index is 12.4. The highest BCUT2D eigenvalue weighted by Gasteiger charge is 2.19. The van der Waals surface area contributed by atoms with Crippen LogP contribution in [0.3, 0.4) is 0 Å². The molecule has 0 spiro atoms. The number of hydrogen-bond donors (Lipinski definition) is 0. The number of ether oxygens (including phenoxy) is 1. The molecule has 0 bridgehead atoms. The number of esters is 1. The number of allylic oxidation sites excluding steroid dienone is 1. The Kier molecular flexibility index (Phi) is 7.24. The van der Waals surface area contributed by atoms with Gasteiger partial charge in [-0.05, 0) is 49.8 Å². The van der Waals surface area contributed by atoms with Gasteiger partial charge < -0.3 is 4.74 Å². The smallest absolute Gasteiger partial charge is 0.338 e. The third-order valence-corrected chi connectivity index (χ3v) is 6.48. The van der Waals surface area contributed by atoms with E-state index in [-0.39, 0.29) is 11.7 Å². The van der Waals surface area contributed by atoms with Crippen LogP contribution in [0.25, 0.3) is 5.57 Å². The van der Waals surface area contributed by atoms with E-state index in [1.807, 2.05) is 13.0 Å². The number of carbonyl (C=O) groups excluding carboxylic acids is 1. The van der Waals surface area contributed by atoms with Crippen LogP contribution >= 0.6 is 0 Å². The Morgan fingerprint density at radius 1 is 1.12 bits per heavy atom. The Bertz CT molecular complexity index is 696. The molecule has 0 atom stereocenters. The first-order valence-corrected chi connectivity index (χ1v) is 10.8. The van der Waals surface area contributed by atoms with Crippen LogP contribution < -0.4 is 0 Å². The van der Waals surface area contributed by atoms with Gasteiger partial charge in [-0.15, -0.1) is 0 Å². The average Bonchev–Trinajstić information content (AvgIpc) is 2.61. The predicted molar refractivity (Wildman–Crippen MR) is 100.0 cm³/mol. The zero-order valence-electron chi connectivity index (χ0n) is 15.2. The molecule has 25 heavy (non-hydrogen) atoms. The lowest BCUT2D eigenvalue weighted by molar-refractivity contribution is -0.136. The maximum atomic E-state index is 12.4. The Labute approximate surface area is 151 Å². The molecular weight excluding hydrogens is 336 g/mol. The normalized spacial score (nSPS) is 16.6. The first-order valence-electron chi connectivity index (χ1n) is 9.20. The summed E-state index contributed by atoms with van der Waals surface area (Å²) in [5.41, 5.74) is 1.27. The minimum absolute atomic E-state index is 0.134. The van der Waals surface area contributed by atoms with E-state index in [0.717, 1.165) is 18.4 Å². The van der Waals surface area contributed by atoms with E-state index in [1.165, 1.54) is 19.3 Å². The lowest BCUT2D eigenvalue weighted by atomic mass is 9.87. The van der Waals surface area contributed by atoms with Crippen molar-refractivity contribution >= 4 is 21.4 Å². The summed E-state index contributed by atoms with van der Waals surface area (Å²) in [5, 5.41) is 0. The van der Waals surface area contributed by atoms with Crippen molar-refractivity contribution in [3.8, 4) is 0 Å². The molecule has 0 heterocycles. The van der Waals surface area contributed by atoms with Gasteiger partial charge in [-0.3, -0.25) is 0 Å². The SMILES string of the molecule is CCCS(=O)(=O)c1ccc(/C(=C\C2CCCCC2)C(=O)OCC)cc1. The molecule has 2 rings (SSSR count). The molecular formula is C20H28O4S. The summed E-state index contributed by atoms with van der Waals surface area (Å²) in [6.45, 7) is 3.96. The van der Waals surface area contributed by atoms with Crippen molar-refractivity contribution in [3.05, 3.63) is 35.9 Å². The Morgan fingerprint density at radius 2 is 1.76 bits per heavy atom. The molecule has 0 N–H and O–H groups in total. The second-order valence-corrected chi connectivity index (χ2v) is 8.65. The number of sulfone groups is 1. The lowest BCUT2D eigenvalue weighted by Gasteiger charge is -2.19. The summed E-state index contributed by atoms with van der Waals surface area (Å²) >= 11 is 0. The molecule has 4 nitrogen and oxygen atoms in total. The minimum Gasteiger partial charge on any atom is -0.462 e. The van der Waals surface area contributed by atoms with Crippen LogP contribution in [-0.2, 0) is 19.4 Å². The van der Waals surface area contributed by atoms with E-state index in [0.29, 0.717) is 29.4 Å². The molecule has 1 aliphatic carbocycles. The molecule has 5 heteroatoms. The molecule has 0 amide bonds. The van der Waals surface area contributed by atoms with Crippen LogP contribution in [0, 0.1) is 5.92 Å². The Balaban J connectivity index is 2.30. The summed E-state index contributed by atoms with van der Waals surface area (Å²) < 4.78 is 29.5. The van der Waals surface area contributed by atoms with E-state index in [9.17, 15) is 13.2 Å². The largest absolute Gasteiger partial charge is 0.462 e. The highest BCUT2D eigenvalue weighted by atomic mass is 32.2. The van der Waals surface area contributed by atoms with Crippen molar-refractivity contribution in [2.45, 2.75) is 57.3 Å². The molecule has 0 unspecified atom stereocenters. The molecule has 1 aromatic carbocycles. The number of carbonyl (C=O) groups is 1. The fourth-order valence-electron chi connectivity index (χ4n) is 3.26. The monoisotopic (exact) mass is 364 g/mol. The van der Waals surface area contributed by atoms with E-state index < -0.39 is 9.84 Å². The van der Waals surface area contributed by atoms with Crippen LogP contribution in [0.5, 0.6) is 0 Å². The van der Waals surface area contributed by atoms with Gasteiger partial charge in [0.2, 0.25) is 0 Å². The molecule has 1 aromatic rings. The zero-order valence-corrected chi connectivity index (χ0v) is 16.0. The van der Waals surface area contributed by atoms with Gasteiger partial charge in [0.25, 0.3) is 0 Å². The van der Waals surface area contributed by atoms with E-state index in [2.05, 4.69) is 0 Å². The van der Waals surface area contributed by atoms with Gasteiger partial charge in [-0.2, -0.15) is 0 Å². The van der Waals surface area contributed by atoms with Crippen LogP contribution in [0.2, 0.25) is 0 Å². The number of hydrogen-bond acceptors (Lipinski definition) is 4. The molecule has 0 aliphatic heterocycles. The summed E-state index contributed by atoms with van der Waals surface area (Å²) in [5.74, 6) is 0.184. The second-order valence-electron chi connectivity index (χ2n) is 6.54. The molecule has 1 fully saturated rings. The maximum Gasteiger partial charge on any atom is 0.338 e. The van der Waals surface area contributed by atoms with Crippen LogP contribution in [0.4, 0.5) is 0 Å². The van der Waals surface area contributed by atoms with Gasteiger partial charge in [0.1, 0.15) is 0 Å². The predicted octanol–water partition coefficient (Wildman–Crippen LogP) is 4.40. The second kappa shape index (κ2) is 9.18. The topological polar surface area (TPSA) is 60.4 Å². The molecule has 138 valence electrons. The van der Waals surface area contributed by atoms with Crippen LogP contribution in [0.1, 0.15) is 57.9 Å². The fourth-order valence-corrected chi connectivity index (χ4v) is 4.58. The number of rotatable bonds is 7. The first-order chi connectivity index (χ1) is 12.0. The third kappa shape index (κ3) is 5.43. The van der Waals surface area contributed by atoms with Crippen molar-refractivity contribution in [2.24, 2.45) is 5.92 Å². The fraction of sp³-hybridized carbons (Fsp3) is 0.550. The molecule has 0 aromatic heterocycles. The molecule has 1 aliphatic rings. The number of benzene rings is 1. The van der Waals surface area contributed by atoms with Gasteiger partial charge in [0.15, 0.2) is 9.84 Å². The highest BCUT2D eigenvalue weighted by molar-refractivity contribution is 7.91. The standard InChI is InChI=1S/C20H28O4S/c1-3-14-25(22,23)18-12-10-17(11-13-18)19(20(21)24-4-2)15-16-8-6-5-7-9-16/h10-13,15-16H,3-9,14H2,1-2H3/b19-15+. The lowest BCUT2D eigenvalue weighted by Crippen LogP contribution is -2.11. The minimum atomic E-state index is -3.25. The highest BCUT2D eigenvalue weighted by Crippen LogP contribution is 2.29. The van der Waals surface area contributed by atoms with Crippen LogP contribution in [0.15, 0.2) is 35.2 Å². The molecule has 0 saturated heterocycles. The van der Waals surface area contributed by atoms with Crippen molar-refractivity contribution < 1.29 is 17.9 Å². The molecule has 1 saturated carbocycles. The quantitative estimate of drug-likeness (QED) is 0.531. The summed E-state index contributed by atoms with van der Waals surface area (Å²) in [4.78, 5) is 12.7. The van der Waals surface area contributed by atoms with Gasteiger partial charge in [-0.25, -0.2) is 13.2 Å². The van der Waals surface area contributed by atoms with E-state index >= 15 is 0 Å². The van der Waals surface area contributed by atoms with Gasteiger partial charge in [-0.1, -0.05) is 44.4 Å². The average molecular weight is 365 g/mol. The summed E-state index contributed by atoms with van der Waals surface area (Å²) in [6.07, 6.45) is 8.41. The van der Waals surface area contributed by atoms with Gasteiger partial charge in [0, 0.05) is 0 Å². The van der Waals surface area contributed by atoms with Gasteiger partial charge >= 0.3 is 5.97 Å². The Hall–Kier alpha value is -1.62. The van der Waals surface area contributed by atoms with Gasteiger partial charge in [0.05, 0.1) is 22.8 Å². The third-order valence-electron chi connectivity index (χ3n) is 4.54. The Morgan fingerprint density at radius 3 is 2.32 bits per heavy atom. The summed E-state index contributed by atoms with van der Waals surface area (Å²) in [6, 6.07) is 6.62. The van der Waals surface area contributed by atoms with Crippen molar-refractivity contribution in [1.82, 2.24) is 0 Å². The molecule has 0 radical (unpaired) electrons. The van der Waals surface area contributed by atoms with Crippen molar-refractivity contribution in [2.75, 3.05) is 12.4 Å². The van der Waals surface area contributed by atoms with Crippen LogP contribution in [-0.4, -0.2) is 26.7 Å². The zero-order chi connectivity index (χ0) is 18.3. The van der Waals surface area contributed by atoms with E-state index in [4.69, 9.17) is 4.74 Å². The first kappa shape index (κ1) is 19.7. The van der Waals surface area contributed by atoms with Crippen molar-refractivity contribution in [1.29, 1.82) is 0 Å².